The standard InChI is InChI=1S/C47H55Cl2N3O8/c1-28-8-6-10-35-33(28)13-15-39(35)59-43-22-41(30(20-37(43)48)24-50-26-32-12-17-45(54)52-32)57-18-4-5-19-58-42-23-44(60-40-16-14-34-29(2)9-7-11-36(34)40)38(49)21-31(42)25-51-47(3,27-53)46(55)56/h6-11,20-23,32,39-40,50-51,53H,4-5,12-19,24-27H2,1-3H3,(H,52,54)(H,55,56)/t32-,39-,40-,47-/m0/s1. The third-order valence-corrected chi connectivity index (χ3v) is 12.6. The monoisotopic (exact) mass is 859 g/mol. The number of amides is 1. The van der Waals surface area contributed by atoms with E-state index >= 15 is 0 Å². The van der Waals surface area contributed by atoms with Crippen LogP contribution in [0.15, 0.2) is 60.7 Å². The second kappa shape index (κ2) is 19.5. The number of carbonyl (C=O) groups excluding carboxylic acids is 1. The van der Waals surface area contributed by atoms with Gasteiger partial charge in [0.1, 0.15) is 40.7 Å². The number of carboxylic acid groups (broad SMARTS) is 1. The Morgan fingerprint density at radius 2 is 1.32 bits per heavy atom. The minimum atomic E-state index is -1.56. The number of benzene rings is 4. The molecule has 4 aromatic carbocycles. The lowest BCUT2D eigenvalue weighted by Crippen LogP contribution is -2.52. The fourth-order valence-corrected chi connectivity index (χ4v) is 8.76. The van der Waals surface area contributed by atoms with Gasteiger partial charge in [-0.2, -0.15) is 0 Å². The molecule has 13 heteroatoms. The third-order valence-electron chi connectivity index (χ3n) is 12.0. The van der Waals surface area contributed by atoms with Crippen molar-refractivity contribution in [1.29, 1.82) is 0 Å². The van der Waals surface area contributed by atoms with E-state index in [2.05, 4.69) is 60.1 Å². The molecular formula is C47H55Cl2N3O8. The number of carboxylic acids is 1. The van der Waals surface area contributed by atoms with Crippen LogP contribution in [0.4, 0.5) is 0 Å². The molecule has 60 heavy (non-hydrogen) atoms. The summed E-state index contributed by atoms with van der Waals surface area (Å²) in [7, 11) is 0. The Labute approximate surface area is 362 Å². The van der Waals surface area contributed by atoms with Crippen molar-refractivity contribution in [1.82, 2.24) is 16.0 Å². The van der Waals surface area contributed by atoms with Gasteiger partial charge < -0.3 is 39.8 Å². The van der Waals surface area contributed by atoms with Gasteiger partial charge in [0.05, 0.1) is 29.9 Å². The van der Waals surface area contributed by atoms with Crippen molar-refractivity contribution in [3.8, 4) is 23.0 Å². The average Bonchev–Trinajstić information content (AvgIpc) is 3.97. The van der Waals surface area contributed by atoms with E-state index in [0.717, 1.165) is 43.2 Å². The Bertz CT molecular complexity index is 2200. The topological polar surface area (TPSA) is 148 Å². The number of hydrogen-bond acceptors (Lipinski definition) is 9. The lowest BCUT2D eigenvalue weighted by atomic mass is 10.0. The third kappa shape index (κ3) is 10.1. The van der Waals surface area contributed by atoms with E-state index in [-0.39, 0.29) is 30.7 Å². The van der Waals surface area contributed by atoms with Gasteiger partial charge in [-0.1, -0.05) is 59.6 Å². The van der Waals surface area contributed by atoms with Gasteiger partial charge in [-0.15, -0.1) is 0 Å². The highest BCUT2D eigenvalue weighted by Crippen LogP contribution is 2.42. The number of ether oxygens (including phenoxy) is 4. The van der Waals surface area contributed by atoms with E-state index in [1.54, 1.807) is 12.1 Å². The molecule has 1 heterocycles. The largest absolute Gasteiger partial charge is 0.493 e. The van der Waals surface area contributed by atoms with Crippen LogP contribution in [0, 0.1) is 13.8 Å². The van der Waals surface area contributed by atoms with Crippen LogP contribution in [0.2, 0.25) is 10.0 Å². The molecule has 0 unspecified atom stereocenters. The molecule has 1 saturated heterocycles. The van der Waals surface area contributed by atoms with Gasteiger partial charge in [-0.25, -0.2) is 0 Å². The number of carbonyl (C=O) groups is 2. The summed E-state index contributed by atoms with van der Waals surface area (Å²) in [4.78, 5) is 23.7. The molecule has 0 aromatic heterocycles. The summed E-state index contributed by atoms with van der Waals surface area (Å²) in [6.45, 7) is 7.04. The van der Waals surface area contributed by atoms with Crippen LogP contribution < -0.4 is 34.9 Å². The van der Waals surface area contributed by atoms with Crippen molar-refractivity contribution in [3.05, 3.63) is 115 Å². The average molecular weight is 861 g/mol. The highest BCUT2D eigenvalue weighted by atomic mass is 35.5. The molecule has 1 amide bonds. The first-order valence-corrected chi connectivity index (χ1v) is 21.7. The minimum Gasteiger partial charge on any atom is -0.493 e. The van der Waals surface area contributed by atoms with Gasteiger partial charge in [-0.3, -0.25) is 14.9 Å². The number of nitrogens with one attached hydrogen (secondary N) is 3. The minimum absolute atomic E-state index is 0.0777. The van der Waals surface area contributed by atoms with Gasteiger partial charge >= 0.3 is 5.97 Å². The van der Waals surface area contributed by atoms with Crippen molar-refractivity contribution < 1.29 is 38.7 Å². The molecule has 11 nitrogen and oxygen atoms in total. The van der Waals surface area contributed by atoms with Crippen molar-refractivity contribution in [2.45, 2.75) is 109 Å². The lowest BCUT2D eigenvalue weighted by molar-refractivity contribution is -0.146. The van der Waals surface area contributed by atoms with Crippen LogP contribution in [-0.4, -0.2) is 60.0 Å². The molecule has 0 saturated carbocycles. The molecule has 4 atom stereocenters. The zero-order valence-electron chi connectivity index (χ0n) is 34.5. The maximum Gasteiger partial charge on any atom is 0.326 e. The molecule has 320 valence electrons. The predicted molar refractivity (Wildman–Crippen MR) is 232 cm³/mol. The van der Waals surface area contributed by atoms with Crippen molar-refractivity contribution >= 4 is 35.1 Å². The van der Waals surface area contributed by atoms with E-state index in [0.29, 0.717) is 84.2 Å². The highest BCUT2D eigenvalue weighted by Gasteiger charge is 2.33. The molecule has 2 aliphatic carbocycles. The number of unbranched alkanes of at least 4 members (excludes halogenated alkanes) is 1. The van der Waals surface area contributed by atoms with Crippen LogP contribution in [0.25, 0.3) is 0 Å². The summed E-state index contributed by atoms with van der Waals surface area (Å²) in [6.07, 6.45) is 5.98. The summed E-state index contributed by atoms with van der Waals surface area (Å²) in [5, 5.41) is 29.9. The number of rotatable bonds is 20. The van der Waals surface area contributed by atoms with Crippen LogP contribution >= 0.6 is 23.2 Å². The molecule has 4 aromatic rings. The first-order valence-electron chi connectivity index (χ1n) is 20.9. The second-order valence-corrected chi connectivity index (χ2v) is 17.2. The van der Waals surface area contributed by atoms with Crippen molar-refractivity contribution in [3.63, 3.8) is 0 Å². The lowest BCUT2D eigenvalue weighted by Gasteiger charge is -2.25. The number of aliphatic hydroxyl groups is 1. The fraction of sp³-hybridized carbons (Fsp3) is 0.447. The van der Waals surface area contributed by atoms with Gasteiger partial charge in [-0.05, 0) is 111 Å². The smallest absolute Gasteiger partial charge is 0.326 e. The number of aliphatic carboxylic acids is 1. The van der Waals surface area contributed by atoms with Crippen LogP contribution in [0.5, 0.6) is 23.0 Å². The number of fused-ring (bicyclic) bond motifs is 2. The van der Waals surface area contributed by atoms with E-state index < -0.39 is 18.1 Å². The number of aryl methyl sites for hydroxylation is 2. The number of hydrogen-bond donors (Lipinski definition) is 5. The Morgan fingerprint density at radius 1 is 0.783 bits per heavy atom. The SMILES string of the molecule is Cc1cccc2c1CC[C@@H]2Oc1cc(OCCCCOc2cc(O[C@H]3CCc4c(C)cccc43)c(Cl)cc2CN[C@@](C)(CO)C(=O)O)c(CNC[C@@H]2CCC(=O)N2)cc1Cl. The first kappa shape index (κ1) is 43.6. The number of halogens is 2. The van der Waals surface area contributed by atoms with Gasteiger partial charge in [0, 0.05) is 55.4 Å². The fourth-order valence-electron chi connectivity index (χ4n) is 8.30. The highest BCUT2D eigenvalue weighted by molar-refractivity contribution is 6.32. The Hall–Kier alpha value is -4.52. The van der Waals surface area contributed by atoms with Crippen LogP contribution in [0.3, 0.4) is 0 Å². The molecule has 0 spiro atoms. The quantitative estimate of drug-likeness (QED) is 0.0551. The maximum absolute atomic E-state index is 11.9. The Kier molecular flexibility index (Phi) is 14.1. The van der Waals surface area contributed by atoms with Crippen molar-refractivity contribution in [2.24, 2.45) is 0 Å². The molecule has 1 aliphatic heterocycles. The van der Waals surface area contributed by atoms with Crippen molar-refractivity contribution in [2.75, 3.05) is 26.4 Å². The molecule has 1 fully saturated rings. The Balaban J connectivity index is 1.02. The Morgan fingerprint density at radius 3 is 1.80 bits per heavy atom. The number of aliphatic hydroxyl groups excluding tert-OH is 1. The summed E-state index contributed by atoms with van der Waals surface area (Å²) < 4.78 is 25.8. The van der Waals surface area contributed by atoms with Crippen LogP contribution in [0.1, 0.15) is 102 Å². The summed E-state index contributed by atoms with van der Waals surface area (Å²) >= 11 is 13.7. The summed E-state index contributed by atoms with van der Waals surface area (Å²) in [5.74, 6) is 1.13. The molecular weight excluding hydrogens is 805 g/mol. The molecule has 3 aliphatic rings. The normalized spacial score (nSPS) is 19.0. The zero-order valence-corrected chi connectivity index (χ0v) is 36.0. The molecule has 5 N–H and O–H groups in total. The zero-order chi connectivity index (χ0) is 42.4. The van der Waals surface area contributed by atoms with E-state index in [4.69, 9.17) is 42.1 Å². The predicted octanol–water partition coefficient (Wildman–Crippen LogP) is 8.27. The second-order valence-electron chi connectivity index (χ2n) is 16.3. The van der Waals surface area contributed by atoms with E-state index in [1.807, 2.05) is 18.2 Å². The molecule has 0 radical (unpaired) electrons. The molecule has 0 bridgehead atoms. The van der Waals surface area contributed by atoms with E-state index in [1.165, 1.54) is 34.7 Å². The summed E-state index contributed by atoms with van der Waals surface area (Å²) in [5.41, 5.74) is 7.45. The van der Waals surface area contributed by atoms with Crippen LogP contribution in [-0.2, 0) is 35.5 Å². The summed E-state index contributed by atoms with van der Waals surface area (Å²) in [6, 6.07) is 19.9. The maximum atomic E-state index is 11.9. The van der Waals surface area contributed by atoms with Gasteiger partial charge in [0.15, 0.2) is 0 Å². The van der Waals surface area contributed by atoms with Gasteiger partial charge in [0.25, 0.3) is 0 Å². The van der Waals surface area contributed by atoms with Gasteiger partial charge in [0.2, 0.25) is 5.91 Å². The first-order chi connectivity index (χ1) is 28.9. The van der Waals surface area contributed by atoms with E-state index in [9.17, 15) is 19.8 Å². The molecule has 7 rings (SSSR count).